The summed E-state index contributed by atoms with van der Waals surface area (Å²) in [5.74, 6) is -1.11. The Morgan fingerprint density at radius 2 is 1.57 bits per heavy atom. The van der Waals surface area contributed by atoms with Gasteiger partial charge in [0.1, 0.15) is 6.61 Å². The van der Waals surface area contributed by atoms with Gasteiger partial charge in [-0.05, 0) is 23.6 Å². The number of hydrogen-bond acceptors (Lipinski definition) is 7. The fourth-order valence-corrected chi connectivity index (χ4v) is 1.45. The third-order valence-corrected chi connectivity index (χ3v) is 2.79. The van der Waals surface area contributed by atoms with Gasteiger partial charge < -0.3 is 14.2 Å². The summed E-state index contributed by atoms with van der Waals surface area (Å²) < 4.78 is 14.2. The van der Waals surface area contributed by atoms with Gasteiger partial charge in [0.15, 0.2) is 0 Å². The first-order valence-corrected chi connectivity index (χ1v) is 7.40. The van der Waals surface area contributed by atoms with Crippen molar-refractivity contribution >= 4 is 29.0 Å². The minimum atomic E-state index is -0.624. The molecule has 0 saturated carbocycles. The molecule has 114 valence electrons. The SMILES string of the molecule is CSC(=O)OCOC(=O)CCC(=O)OCc1ccccc1. The zero-order valence-electron chi connectivity index (χ0n) is 11.6. The molecule has 0 aromatic heterocycles. The molecule has 0 amide bonds. The van der Waals surface area contributed by atoms with Crippen LogP contribution in [-0.2, 0) is 30.4 Å². The first-order valence-electron chi connectivity index (χ1n) is 6.17. The summed E-state index contributed by atoms with van der Waals surface area (Å²) in [5.41, 5.74) is 0.873. The van der Waals surface area contributed by atoms with Gasteiger partial charge in [0.05, 0.1) is 12.8 Å². The van der Waals surface area contributed by atoms with Crippen molar-refractivity contribution < 1.29 is 28.6 Å². The molecule has 0 fully saturated rings. The molecule has 0 aliphatic carbocycles. The van der Waals surface area contributed by atoms with Crippen LogP contribution in [0.5, 0.6) is 0 Å². The molecule has 1 aromatic carbocycles. The lowest BCUT2D eigenvalue weighted by atomic mass is 10.2. The van der Waals surface area contributed by atoms with Gasteiger partial charge >= 0.3 is 17.2 Å². The predicted octanol–water partition coefficient (Wildman–Crippen LogP) is 2.51. The van der Waals surface area contributed by atoms with Gasteiger partial charge in [-0.1, -0.05) is 30.3 Å². The van der Waals surface area contributed by atoms with E-state index in [0.717, 1.165) is 17.3 Å². The fraction of sp³-hybridized carbons (Fsp3) is 0.357. The molecule has 0 N–H and O–H groups in total. The van der Waals surface area contributed by atoms with Crippen molar-refractivity contribution in [3.05, 3.63) is 35.9 Å². The van der Waals surface area contributed by atoms with Gasteiger partial charge in [0.2, 0.25) is 6.79 Å². The summed E-state index contributed by atoms with van der Waals surface area (Å²) in [6.07, 6.45) is 1.35. The maximum Gasteiger partial charge on any atom is 0.369 e. The van der Waals surface area contributed by atoms with E-state index in [4.69, 9.17) is 4.74 Å². The Balaban J connectivity index is 2.12. The van der Waals surface area contributed by atoms with Gasteiger partial charge in [0.25, 0.3) is 0 Å². The molecule has 0 unspecified atom stereocenters. The molecule has 0 aliphatic rings. The molecule has 0 spiro atoms. The largest absolute Gasteiger partial charge is 0.461 e. The predicted molar refractivity (Wildman–Crippen MR) is 76.4 cm³/mol. The quantitative estimate of drug-likeness (QED) is 0.565. The Bertz CT molecular complexity index is 474. The van der Waals surface area contributed by atoms with Crippen molar-refractivity contribution in [2.75, 3.05) is 13.0 Å². The number of carbonyl (C=O) groups excluding carboxylic acids is 3. The van der Waals surface area contributed by atoms with Gasteiger partial charge in [0, 0.05) is 0 Å². The number of hydrogen-bond donors (Lipinski definition) is 0. The smallest absolute Gasteiger partial charge is 0.369 e. The molecule has 0 atom stereocenters. The molecule has 0 aliphatic heterocycles. The third-order valence-electron chi connectivity index (χ3n) is 2.34. The van der Waals surface area contributed by atoms with Gasteiger partial charge in [-0.25, -0.2) is 4.79 Å². The van der Waals surface area contributed by atoms with E-state index in [1.165, 1.54) is 0 Å². The summed E-state index contributed by atoms with van der Waals surface area (Å²) in [5, 5.41) is -0.537. The fourth-order valence-electron chi connectivity index (χ4n) is 1.29. The highest BCUT2D eigenvalue weighted by atomic mass is 32.2. The van der Waals surface area contributed by atoms with Crippen molar-refractivity contribution in [3.8, 4) is 0 Å². The van der Waals surface area contributed by atoms with Crippen molar-refractivity contribution in [1.29, 1.82) is 0 Å². The molecule has 0 saturated heterocycles. The van der Waals surface area contributed by atoms with Gasteiger partial charge in [-0.15, -0.1) is 0 Å². The third kappa shape index (κ3) is 7.98. The maximum absolute atomic E-state index is 11.4. The Kier molecular flexibility index (Phi) is 7.96. The second-order valence-electron chi connectivity index (χ2n) is 3.88. The molecule has 1 rings (SSSR count). The van der Waals surface area contributed by atoms with Crippen LogP contribution in [0.1, 0.15) is 18.4 Å². The first kappa shape index (κ1) is 17.0. The highest BCUT2D eigenvalue weighted by molar-refractivity contribution is 8.12. The monoisotopic (exact) mass is 312 g/mol. The summed E-state index contributed by atoms with van der Waals surface area (Å²) in [7, 11) is 0. The zero-order valence-corrected chi connectivity index (χ0v) is 12.4. The summed E-state index contributed by atoms with van der Waals surface area (Å²) in [4.78, 5) is 33.4. The topological polar surface area (TPSA) is 78.9 Å². The van der Waals surface area contributed by atoms with E-state index in [0.29, 0.717) is 0 Å². The molecule has 21 heavy (non-hydrogen) atoms. The van der Waals surface area contributed by atoms with E-state index in [1.807, 2.05) is 30.3 Å². The van der Waals surface area contributed by atoms with Gasteiger partial charge in [-0.2, -0.15) is 0 Å². The molecule has 1 aromatic rings. The van der Waals surface area contributed by atoms with Crippen LogP contribution in [-0.4, -0.2) is 30.3 Å². The van der Waals surface area contributed by atoms with Crippen LogP contribution in [0, 0.1) is 0 Å². The average molecular weight is 312 g/mol. The van der Waals surface area contributed by atoms with Gasteiger partial charge in [-0.3, -0.25) is 9.59 Å². The lowest BCUT2D eigenvalue weighted by Gasteiger charge is -2.06. The number of carbonyl (C=O) groups is 3. The molecule has 7 heteroatoms. The van der Waals surface area contributed by atoms with Crippen LogP contribution in [0.4, 0.5) is 4.79 Å². The van der Waals surface area contributed by atoms with Crippen molar-refractivity contribution in [1.82, 2.24) is 0 Å². The van der Waals surface area contributed by atoms with Crippen LogP contribution in [0.15, 0.2) is 30.3 Å². The van der Waals surface area contributed by atoms with E-state index in [1.54, 1.807) is 6.26 Å². The molecule has 0 heterocycles. The zero-order chi connectivity index (χ0) is 15.5. The minimum absolute atomic E-state index is 0.0812. The van der Waals surface area contributed by atoms with E-state index < -0.39 is 24.0 Å². The molecule has 6 nitrogen and oxygen atoms in total. The lowest BCUT2D eigenvalue weighted by molar-refractivity contribution is -0.155. The Morgan fingerprint density at radius 1 is 0.952 bits per heavy atom. The number of benzene rings is 1. The van der Waals surface area contributed by atoms with E-state index in [2.05, 4.69) is 9.47 Å². The Hall–Kier alpha value is -2.02. The lowest BCUT2D eigenvalue weighted by Crippen LogP contribution is -2.13. The minimum Gasteiger partial charge on any atom is -0.461 e. The van der Waals surface area contributed by atoms with E-state index in [-0.39, 0.29) is 19.4 Å². The van der Waals surface area contributed by atoms with Crippen LogP contribution < -0.4 is 0 Å². The second kappa shape index (κ2) is 9.82. The molecule has 0 radical (unpaired) electrons. The maximum atomic E-state index is 11.4. The van der Waals surface area contributed by atoms with Crippen LogP contribution in [0.2, 0.25) is 0 Å². The summed E-state index contributed by atoms with van der Waals surface area (Å²) in [6, 6.07) is 9.22. The van der Waals surface area contributed by atoms with Crippen molar-refractivity contribution in [3.63, 3.8) is 0 Å². The number of ether oxygens (including phenoxy) is 3. The first-order chi connectivity index (χ1) is 10.1. The normalized spacial score (nSPS) is 9.76. The summed E-state index contributed by atoms with van der Waals surface area (Å²) >= 11 is 0.873. The van der Waals surface area contributed by atoms with Crippen molar-refractivity contribution in [2.45, 2.75) is 19.4 Å². The summed E-state index contributed by atoms with van der Waals surface area (Å²) in [6.45, 7) is -0.280. The van der Waals surface area contributed by atoms with Crippen LogP contribution in [0.3, 0.4) is 0 Å². The molecular weight excluding hydrogens is 296 g/mol. The molecule has 0 bridgehead atoms. The average Bonchev–Trinajstić information content (AvgIpc) is 2.51. The number of thioether (sulfide) groups is 1. The Labute approximate surface area is 126 Å². The van der Waals surface area contributed by atoms with Crippen LogP contribution in [0.25, 0.3) is 0 Å². The molecular formula is C14H16O6S. The highest BCUT2D eigenvalue weighted by Crippen LogP contribution is 2.04. The standard InChI is InChI=1S/C14H16O6S/c1-21-14(17)20-10-19-13(16)8-7-12(15)18-9-11-5-3-2-4-6-11/h2-6H,7-10H2,1H3. The van der Waals surface area contributed by atoms with E-state index >= 15 is 0 Å². The van der Waals surface area contributed by atoms with Crippen molar-refractivity contribution in [2.24, 2.45) is 0 Å². The van der Waals surface area contributed by atoms with Crippen LogP contribution >= 0.6 is 11.8 Å². The Morgan fingerprint density at radius 3 is 2.19 bits per heavy atom. The van der Waals surface area contributed by atoms with E-state index in [9.17, 15) is 14.4 Å². The second-order valence-corrected chi connectivity index (χ2v) is 4.62. The highest BCUT2D eigenvalue weighted by Gasteiger charge is 2.10. The number of esters is 2. The number of rotatable bonds is 7.